The van der Waals surface area contributed by atoms with Crippen LogP contribution in [0.3, 0.4) is 0 Å². The monoisotopic (exact) mass is 367 g/mol. The number of hydrogen-bond acceptors (Lipinski definition) is 4. The minimum absolute atomic E-state index is 0.0251. The number of carbonyl (C=O) groups is 1. The quantitative estimate of drug-likeness (QED) is 0.794. The molecule has 0 saturated heterocycles. The van der Waals surface area contributed by atoms with Crippen molar-refractivity contribution in [3.63, 3.8) is 0 Å². The number of hydrogen-bond donors (Lipinski definition) is 1. The van der Waals surface area contributed by atoms with E-state index in [0.29, 0.717) is 5.02 Å². The van der Waals surface area contributed by atoms with E-state index in [1.54, 1.807) is 38.1 Å². The summed E-state index contributed by atoms with van der Waals surface area (Å²) in [5, 5.41) is 0.598. The van der Waals surface area contributed by atoms with Gasteiger partial charge in [0, 0.05) is 11.1 Å². The molecule has 2 rings (SSSR count). The Labute approximate surface area is 146 Å². The summed E-state index contributed by atoms with van der Waals surface area (Å²) in [6, 6.07) is 12.4. The molecule has 0 atom stereocenters. The average Bonchev–Trinajstić information content (AvgIpc) is 2.53. The molecule has 2 aromatic carbocycles. The lowest BCUT2D eigenvalue weighted by atomic mass is 10.2. The first kappa shape index (κ1) is 18.4. The van der Waals surface area contributed by atoms with Crippen molar-refractivity contribution in [3.05, 3.63) is 64.7 Å². The molecule has 0 fully saturated rings. The highest BCUT2D eigenvalue weighted by Gasteiger charge is 2.17. The van der Waals surface area contributed by atoms with Crippen LogP contribution in [0.5, 0.6) is 0 Å². The Hall–Kier alpha value is -1.89. The Morgan fingerprint density at radius 2 is 1.83 bits per heavy atom. The van der Waals surface area contributed by atoms with Crippen LogP contribution in [0, 0.1) is 0 Å². The van der Waals surface area contributed by atoms with Gasteiger partial charge < -0.3 is 4.74 Å². The summed E-state index contributed by atoms with van der Waals surface area (Å²) < 4.78 is 32.0. The van der Waals surface area contributed by atoms with E-state index in [1.807, 2.05) is 0 Å². The van der Waals surface area contributed by atoms with Gasteiger partial charge in [0.1, 0.15) is 6.61 Å². The number of sulfonamides is 1. The van der Waals surface area contributed by atoms with Crippen LogP contribution in [0.1, 0.15) is 29.8 Å². The normalized spacial score (nSPS) is 11.5. The molecule has 24 heavy (non-hydrogen) atoms. The molecule has 7 heteroatoms. The first-order valence-corrected chi connectivity index (χ1v) is 9.18. The first-order chi connectivity index (χ1) is 11.3. The van der Waals surface area contributed by atoms with Gasteiger partial charge in [-0.25, -0.2) is 17.9 Å². The first-order valence-electron chi connectivity index (χ1n) is 7.32. The number of carbonyl (C=O) groups excluding carboxylic acids is 1. The highest BCUT2D eigenvalue weighted by atomic mass is 35.5. The van der Waals surface area contributed by atoms with Crippen LogP contribution in [0.2, 0.25) is 5.02 Å². The van der Waals surface area contributed by atoms with Gasteiger partial charge in [0.05, 0.1) is 10.5 Å². The standard InChI is InChI=1S/C17H18ClNO4S/c1-12(2)19-24(21,22)16-5-3-4-14(10-16)17(20)23-11-13-6-8-15(18)9-7-13/h3-10,12,19H,11H2,1-2H3. The molecular formula is C17H18ClNO4S. The lowest BCUT2D eigenvalue weighted by molar-refractivity contribution is 0.0472. The molecule has 0 aromatic heterocycles. The van der Waals surface area contributed by atoms with Gasteiger partial charge in [-0.1, -0.05) is 29.8 Å². The maximum absolute atomic E-state index is 12.2. The van der Waals surface area contributed by atoms with Gasteiger partial charge in [-0.05, 0) is 49.7 Å². The maximum Gasteiger partial charge on any atom is 0.338 e. The van der Waals surface area contributed by atoms with E-state index in [9.17, 15) is 13.2 Å². The van der Waals surface area contributed by atoms with E-state index in [-0.39, 0.29) is 23.1 Å². The maximum atomic E-state index is 12.2. The number of esters is 1. The zero-order valence-corrected chi connectivity index (χ0v) is 14.9. The van der Waals surface area contributed by atoms with E-state index in [1.165, 1.54) is 24.3 Å². The van der Waals surface area contributed by atoms with E-state index in [2.05, 4.69) is 4.72 Å². The molecule has 0 bridgehead atoms. The molecule has 0 aliphatic heterocycles. The molecular weight excluding hydrogens is 350 g/mol. The fourth-order valence-electron chi connectivity index (χ4n) is 1.98. The molecule has 0 spiro atoms. The lowest BCUT2D eigenvalue weighted by Gasteiger charge is -2.10. The number of benzene rings is 2. The Morgan fingerprint density at radius 1 is 1.17 bits per heavy atom. The summed E-state index contributed by atoms with van der Waals surface area (Å²) in [5.41, 5.74) is 0.966. The predicted octanol–water partition coefficient (Wildman–Crippen LogP) is 3.38. The Bertz CT molecular complexity index is 817. The topological polar surface area (TPSA) is 72.5 Å². The van der Waals surface area contributed by atoms with Gasteiger partial charge in [0.2, 0.25) is 10.0 Å². The summed E-state index contributed by atoms with van der Waals surface area (Å²) in [7, 11) is -3.66. The second-order valence-electron chi connectivity index (χ2n) is 5.51. The summed E-state index contributed by atoms with van der Waals surface area (Å²) in [4.78, 5) is 12.1. The molecule has 0 saturated carbocycles. The average molecular weight is 368 g/mol. The molecule has 0 amide bonds. The van der Waals surface area contributed by atoms with Crippen LogP contribution < -0.4 is 4.72 Å². The van der Waals surface area contributed by atoms with Gasteiger partial charge in [-0.2, -0.15) is 0 Å². The van der Waals surface area contributed by atoms with E-state index in [0.717, 1.165) is 5.56 Å². The minimum atomic E-state index is -3.66. The van der Waals surface area contributed by atoms with Crippen LogP contribution in [0.25, 0.3) is 0 Å². The largest absolute Gasteiger partial charge is 0.457 e. The number of ether oxygens (including phenoxy) is 1. The molecule has 0 aliphatic rings. The van der Waals surface area contributed by atoms with Crippen molar-refractivity contribution in [2.24, 2.45) is 0 Å². The third-order valence-electron chi connectivity index (χ3n) is 3.05. The van der Waals surface area contributed by atoms with Gasteiger partial charge in [0.25, 0.3) is 0 Å². The van der Waals surface area contributed by atoms with Gasteiger partial charge >= 0.3 is 5.97 Å². The van der Waals surface area contributed by atoms with E-state index < -0.39 is 16.0 Å². The van der Waals surface area contributed by atoms with E-state index in [4.69, 9.17) is 16.3 Å². The van der Waals surface area contributed by atoms with Crippen LogP contribution in [-0.2, 0) is 21.4 Å². The minimum Gasteiger partial charge on any atom is -0.457 e. The molecule has 0 radical (unpaired) electrons. The van der Waals surface area contributed by atoms with Crippen molar-refractivity contribution in [2.45, 2.75) is 31.4 Å². The Balaban J connectivity index is 2.10. The number of halogens is 1. The fourth-order valence-corrected chi connectivity index (χ4v) is 3.40. The van der Waals surface area contributed by atoms with Gasteiger partial charge in [0.15, 0.2) is 0 Å². The van der Waals surface area contributed by atoms with Crippen molar-refractivity contribution in [2.75, 3.05) is 0 Å². The zero-order valence-electron chi connectivity index (χ0n) is 13.3. The van der Waals surface area contributed by atoms with Gasteiger partial charge in [-0.3, -0.25) is 0 Å². The van der Waals surface area contributed by atoms with Crippen molar-refractivity contribution < 1.29 is 17.9 Å². The lowest BCUT2D eigenvalue weighted by Crippen LogP contribution is -2.30. The molecule has 0 aliphatic carbocycles. The summed E-state index contributed by atoms with van der Waals surface area (Å²) in [6.07, 6.45) is 0. The summed E-state index contributed by atoms with van der Waals surface area (Å²) >= 11 is 5.80. The third kappa shape index (κ3) is 5.06. The molecule has 0 heterocycles. The van der Waals surface area contributed by atoms with Crippen molar-refractivity contribution in [3.8, 4) is 0 Å². The summed E-state index contributed by atoms with van der Waals surface area (Å²) in [5.74, 6) is -0.591. The molecule has 0 unspecified atom stereocenters. The number of rotatable bonds is 6. The second-order valence-corrected chi connectivity index (χ2v) is 7.66. The summed E-state index contributed by atoms with van der Waals surface area (Å²) in [6.45, 7) is 3.53. The predicted molar refractivity (Wildman–Crippen MR) is 92.5 cm³/mol. The Morgan fingerprint density at radius 3 is 2.46 bits per heavy atom. The number of nitrogens with one attached hydrogen (secondary N) is 1. The molecule has 128 valence electrons. The Kier molecular flexibility index (Phi) is 5.99. The molecule has 5 nitrogen and oxygen atoms in total. The smallest absolute Gasteiger partial charge is 0.338 e. The van der Waals surface area contributed by atoms with Crippen molar-refractivity contribution in [1.82, 2.24) is 4.72 Å². The van der Waals surface area contributed by atoms with Crippen LogP contribution >= 0.6 is 11.6 Å². The SMILES string of the molecule is CC(C)NS(=O)(=O)c1cccc(C(=O)OCc2ccc(Cl)cc2)c1. The molecule has 2 aromatic rings. The van der Waals surface area contributed by atoms with Crippen molar-refractivity contribution in [1.29, 1.82) is 0 Å². The van der Waals surface area contributed by atoms with Gasteiger partial charge in [-0.15, -0.1) is 0 Å². The van der Waals surface area contributed by atoms with Crippen molar-refractivity contribution >= 4 is 27.6 Å². The highest BCUT2D eigenvalue weighted by molar-refractivity contribution is 7.89. The van der Waals surface area contributed by atoms with Crippen LogP contribution in [-0.4, -0.2) is 20.4 Å². The highest BCUT2D eigenvalue weighted by Crippen LogP contribution is 2.15. The van der Waals surface area contributed by atoms with Crippen LogP contribution in [0.15, 0.2) is 53.4 Å². The van der Waals surface area contributed by atoms with Crippen LogP contribution in [0.4, 0.5) is 0 Å². The third-order valence-corrected chi connectivity index (χ3v) is 4.96. The zero-order chi connectivity index (χ0) is 17.7. The fraction of sp³-hybridized carbons (Fsp3) is 0.235. The molecule has 1 N–H and O–H groups in total. The second kappa shape index (κ2) is 7.79. The van der Waals surface area contributed by atoms with E-state index >= 15 is 0 Å².